The molecule has 3 aliphatic rings. The van der Waals surface area contributed by atoms with Crippen molar-refractivity contribution in [3.8, 4) is 11.5 Å². The molecule has 0 radical (unpaired) electrons. The van der Waals surface area contributed by atoms with E-state index in [0.29, 0.717) is 0 Å². The molecule has 4 unspecified atom stereocenters. The van der Waals surface area contributed by atoms with Crippen LogP contribution < -0.4 is 0 Å². The molecular weight excluding hydrogens is 444 g/mol. The molecule has 5 rings (SSSR count). The fraction of sp³-hybridized carbons (Fsp3) is 0.320. The lowest BCUT2D eigenvalue weighted by molar-refractivity contribution is -0.234. The average molecular weight is 466 g/mol. The van der Waals surface area contributed by atoms with Crippen molar-refractivity contribution in [2.75, 3.05) is 6.61 Å². The first-order valence-corrected chi connectivity index (χ1v) is 10.8. The highest BCUT2D eigenvalue weighted by molar-refractivity contribution is 6.30. The maximum Gasteiger partial charge on any atom is 0.198 e. The molecule has 2 aromatic carbocycles. The monoisotopic (exact) mass is 466 g/mol. The number of benzene rings is 2. The van der Waals surface area contributed by atoms with Crippen LogP contribution in [0.4, 0.5) is 0 Å². The van der Waals surface area contributed by atoms with E-state index in [9.17, 15) is 34.8 Å². The molecule has 0 bridgehead atoms. The third-order valence-electron chi connectivity index (χ3n) is 6.54. The Labute approximate surface area is 193 Å². The lowest BCUT2D eigenvalue weighted by Crippen LogP contribution is -2.42. The van der Waals surface area contributed by atoms with Crippen molar-refractivity contribution in [1.29, 1.82) is 0 Å². The number of phenolic OH excluding ortho intramolecular Hbond substituents is 2. The van der Waals surface area contributed by atoms with Gasteiger partial charge in [0.05, 0.1) is 29.9 Å². The smallest absolute Gasteiger partial charge is 0.198 e. The molecular formula is C25H22O9. The van der Waals surface area contributed by atoms with E-state index in [1.165, 1.54) is 25.1 Å². The van der Waals surface area contributed by atoms with Gasteiger partial charge in [-0.1, -0.05) is 24.3 Å². The Morgan fingerprint density at radius 1 is 1.00 bits per heavy atom. The van der Waals surface area contributed by atoms with Crippen LogP contribution in [0.2, 0.25) is 0 Å². The molecule has 9 heteroatoms. The van der Waals surface area contributed by atoms with Crippen LogP contribution in [0.15, 0.2) is 29.8 Å². The van der Waals surface area contributed by atoms with Crippen molar-refractivity contribution in [2.24, 2.45) is 0 Å². The number of hydrogen-bond donors (Lipinski definition) is 4. The fourth-order valence-electron chi connectivity index (χ4n) is 4.74. The Kier molecular flexibility index (Phi) is 5.37. The minimum Gasteiger partial charge on any atom is -0.507 e. The van der Waals surface area contributed by atoms with Crippen molar-refractivity contribution in [3.63, 3.8) is 0 Å². The summed E-state index contributed by atoms with van der Waals surface area (Å²) in [5.41, 5.74) is -0.104. The number of hydrogen-bond acceptors (Lipinski definition) is 9. The van der Waals surface area contributed by atoms with E-state index in [1.807, 2.05) is 0 Å². The predicted molar refractivity (Wildman–Crippen MR) is 117 cm³/mol. The summed E-state index contributed by atoms with van der Waals surface area (Å²) < 4.78 is 11.4. The van der Waals surface area contributed by atoms with Gasteiger partial charge in [0, 0.05) is 35.1 Å². The molecule has 2 aromatic rings. The van der Waals surface area contributed by atoms with Gasteiger partial charge in [-0.05, 0) is 18.6 Å². The molecule has 0 amide bonds. The summed E-state index contributed by atoms with van der Waals surface area (Å²) >= 11 is 0. The van der Waals surface area contributed by atoms with Crippen LogP contribution in [-0.2, 0) is 14.3 Å². The summed E-state index contributed by atoms with van der Waals surface area (Å²) in [5, 5.41) is 42.0. The molecule has 2 aliphatic carbocycles. The van der Waals surface area contributed by atoms with Crippen LogP contribution in [-0.4, -0.2) is 62.9 Å². The van der Waals surface area contributed by atoms with Gasteiger partial charge in [-0.3, -0.25) is 14.4 Å². The van der Waals surface area contributed by atoms with Gasteiger partial charge >= 0.3 is 0 Å². The molecule has 0 aromatic heterocycles. The fourth-order valence-corrected chi connectivity index (χ4v) is 4.74. The molecule has 1 aliphatic heterocycles. The zero-order chi connectivity index (χ0) is 24.3. The van der Waals surface area contributed by atoms with Gasteiger partial charge in [-0.25, -0.2) is 0 Å². The maximum atomic E-state index is 13.2. The van der Waals surface area contributed by atoms with Crippen LogP contribution in [0.25, 0.3) is 6.08 Å². The first-order valence-electron chi connectivity index (χ1n) is 10.8. The minimum absolute atomic E-state index is 0.00531. The number of phenols is 2. The standard InChI is InChI=1S/C25H22O9/c1-10(26)11-6-14-19(17(7-11)34-18-8-15(27)16(28)9-33-18)25(32)21-20(24(14)31)22(29)12-4-2-3-5-13(12)23(21)30/h2-6,15-18,27-28,31-32H,7-9H2,1H3. The van der Waals surface area contributed by atoms with E-state index in [0.717, 1.165) is 0 Å². The highest BCUT2D eigenvalue weighted by Gasteiger charge is 2.41. The minimum atomic E-state index is -1.09. The molecule has 9 nitrogen and oxygen atoms in total. The summed E-state index contributed by atoms with van der Waals surface area (Å²) in [6, 6.07) is 6.13. The quantitative estimate of drug-likeness (QED) is 0.423. The molecule has 1 fully saturated rings. The first kappa shape index (κ1) is 22.4. The Morgan fingerprint density at radius 2 is 1.62 bits per heavy atom. The Hall–Kier alpha value is -3.37. The predicted octanol–water partition coefficient (Wildman–Crippen LogP) is 1.78. The van der Waals surface area contributed by atoms with Gasteiger partial charge in [0.2, 0.25) is 0 Å². The molecule has 0 saturated carbocycles. The number of carbonyl (C=O) groups excluding carboxylic acids is 3. The van der Waals surface area contributed by atoms with Crippen molar-refractivity contribution >= 4 is 23.4 Å². The Bertz CT molecular complexity index is 1280. The molecule has 176 valence electrons. The van der Waals surface area contributed by atoms with Crippen LogP contribution in [0.5, 0.6) is 11.5 Å². The largest absolute Gasteiger partial charge is 0.507 e. The molecule has 4 atom stereocenters. The third-order valence-corrected chi connectivity index (χ3v) is 6.54. The van der Waals surface area contributed by atoms with E-state index in [2.05, 4.69) is 0 Å². The topological polar surface area (TPSA) is 151 Å². The Morgan fingerprint density at radius 3 is 2.21 bits per heavy atom. The van der Waals surface area contributed by atoms with E-state index >= 15 is 0 Å². The van der Waals surface area contributed by atoms with Gasteiger partial charge in [-0.2, -0.15) is 0 Å². The molecule has 34 heavy (non-hydrogen) atoms. The van der Waals surface area contributed by atoms with E-state index < -0.39 is 47.7 Å². The lowest BCUT2D eigenvalue weighted by atomic mass is 9.77. The third kappa shape index (κ3) is 3.36. The van der Waals surface area contributed by atoms with Crippen LogP contribution in [0.1, 0.15) is 68.8 Å². The highest BCUT2D eigenvalue weighted by Crippen LogP contribution is 2.50. The maximum absolute atomic E-state index is 13.2. The van der Waals surface area contributed by atoms with E-state index in [4.69, 9.17) is 9.47 Å². The van der Waals surface area contributed by atoms with Gasteiger partial charge in [0.1, 0.15) is 17.6 Å². The Balaban J connectivity index is 1.67. The number of carbonyl (C=O) groups is 3. The number of ketones is 3. The van der Waals surface area contributed by atoms with Crippen LogP contribution in [0, 0.1) is 0 Å². The number of aliphatic hydroxyl groups excluding tert-OH is 2. The molecule has 4 N–H and O–H groups in total. The van der Waals surface area contributed by atoms with Crippen LogP contribution >= 0.6 is 0 Å². The zero-order valence-corrected chi connectivity index (χ0v) is 18.1. The van der Waals surface area contributed by atoms with Gasteiger partial charge in [0.15, 0.2) is 23.6 Å². The van der Waals surface area contributed by atoms with Gasteiger partial charge in [-0.15, -0.1) is 0 Å². The van der Waals surface area contributed by atoms with Crippen molar-refractivity contribution < 1.29 is 44.3 Å². The SMILES string of the molecule is CC(=O)C1=Cc2c(O)c3c(c(O)c2C(OC2CC(O)C(O)CO2)C1)C(=O)c1ccccc1C3=O. The second-order valence-corrected chi connectivity index (χ2v) is 8.67. The van der Waals surface area contributed by atoms with Gasteiger partial charge in [0.25, 0.3) is 0 Å². The van der Waals surface area contributed by atoms with E-state index in [1.54, 1.807) is 12.1 Å². The summed E-state index contributed by atoms with van der Waals surface area (Å²) in [5.74, 6) is -2.58. The van der Waals surface area contributed by atoms with Gasteiger partial charge < -0.3 is 29.9 Å². The van der Waals surface area contributed by atoms with Crippen LogP contribution in [0.3, 0.4) is 0 Å². The summed E-state index contributed by atoms with van der Waals surface area (Å²) in [4.78, 5) is 38.6. The normalized spacial score (nSPS) is 25.8. The summed E-state index contributed by atoms with van der Waals surface area (Å²) in [7, 11) is 0. The number of fused-ring (bicyclic) bond motifs is 3. The zero-order valence-electron chi connectivity index (χ0n) is 18.1. The van der Waals surface area contributed by atoms with Crippen molar-refractivity contribution in [1.82, 2.24) is 0 Å². The van der Waals surface area contributed by atoms with E-state index in [-0.39, 0.29) is 64.2 Å². The molecule has 1 heterocycles. The average Bonchev–Trinajstić information content (AvgIpc) is 2.81. The number of aliphatic hydroxyl groups is 2. The summed E-state index contributed by atoms with van der Waals surface area (Å²) in [6.07, 6.45) is -2.84. The number of Topliss-reactive ketones (excluding diaryl/α,β-unsaturated/α-hetero) is 1. The second-order valence-electron chi connectivity index (χ2n) is 8.67. The van der Waals surface area contributed by atoms with Crippen molar-refractivity contribution in [3.05, 3.63) is 63.2 Å². The molecule has 0 spiro atoms. The first-order chi connectivity index (χ1) is 16.2. The molecule has 1 saturated heterocycles. The number of rotatable bonds is 3. The number of aromatic hydroxyl groups is 2. The second kappa shape index (κ2) is 8.14. The van der Waals surface area contributed by atoms with Crippen molar-refractivity contribution in [2.45, 2.75) is 44.4 Å². The highest BCUT2D eigenvalue weighted by atomic mass is 16.7. The summed E-state index contributed by atoms with van der Waals surface area (Å²) in [6.45, 7) is 1.16. The number of ether oxygens (including phenoxy) is 2. The lowest BCUT2D eigenvalue weighted by Gasteiger charge is -2.35.